The van der Waals surface area contributed by atoms with Gasteiger partial charge in [-0.15, -0.1) is 0 Å². The number of nitrogens with two attached hydrogens (primary N) is 1. The van der Waals surface area contributed by atoms with E-state index in [1.54, 1.807) is 6.92 Å². The van der Waals surface area contributed by atoms with Gasteiger partial charge in [-0.2, -0.15) is 0 Å². The van der Waals surface area contributed by atoms with Gasteiger partial charge in [0.2, 0.25) is 0 Å². The van der Waals surface area contributed by atoms with Crippen LogP contribution in [0.5, 0.6) is 0 Å². The van der Waals surface area contributed by atoms with Gasteiger partial charge in [0.05, 0.1) is 0 Å². The van der Waals surface area contributed by atoms with Crippen molar-refractivity contribution in [2.24, 2.45) is 5.73 Å². The molecule has 1 aliphatic rings. The Morgan fingerprint density at radius 2 is 2.36 bits per heavy atom. The average molecular weight is 157 g/mol. The number of carbonyl (C=O) groups excluding carboxylic acids is 1. The number of ketones is 1. The maximum Gasteiger partial charge on any atom is 0.162 e. The molecule has 0 amide bonds. The number of hydrogen-bond acceptors (Lipinski definition) is 3. The van der Waals surface area contributed by atoms with Crippen LogP contribution in [-0.2, 0) is 9.53 Å². The van der Waals surface area contributed by atoms with Crippen molar-refractivity contribution in [2.45, 2.75) is 31.8 Å². The van der Waals surface area contributed by atoms with Crippen molar-refractivity contribution in [3.63, 3.8) is 0 Å². The zero-order valence-corrected chi connectivity index (χ0v) is 6.93. The van der Waals surface area contributed by atoms with Crippen LogP contribution >= 0.6 is 0 Å². The average Bonchev–Trinajstić information content (AvgIpc) is 2.05. The van der Waals surface area contributed by atoms with E-state index < -0.39 is 5.60 Å². The lowest BCUT2D eigenvalue weighted by Crippen LogP contribution is -2.49. The van der Waals surface area contributed by atoms with E-state index in [9.17, 15) is 4.79 Å². The Morgan fingerprint density at radius 1 is 1.64 bits per heavy atom. The quantitative estimate of drug-likeness (QED) is 0.634. The fourth-order valence-corrected chi connectivity index (χ4v) is 1.43. The Bertz CT molecular complexity index is 150. The summed E-state index contributed by atoms with van der Waals surface area (Å²) in [5.74, 6) is 0.0692. The SMILES string of the molecule is CC(=O)C1(CN)CCCCO1. The van der Waals surface area contributed by atoms with E-state index in [4.69, 9.17) is 10.5 Å². The maximum absolute atomic E-state index is 11.1. The molecule has 1 atom stereocenters. The van der Waals surface area contributed by atoms with Crippen LogP contribution in [-0.4, -0.2) is 24.5 Å². The molecule has 0 radical (unpaired) electrons. The van der Waals surface area contributed by atoms with Crippen molar-refractivity contribution >= 4 is 5.78 Å². The molecule has 0 aromatic rings. The fourth-order valence-electron chi connectivity index (χ4n) is 1.43. The molecule has 1 fully saturated rings. The molecule has 0 bridgehead atoms. The van der Waals surface area contributed by atoms with Gasteiger partial charge in [-0.05, 0) is 26.2 Å². The Kier molecular flexibility index (Phi) is 2.62. The van der Waals surface area contributed by atoms with Crippen LogP contribution in [0.2, 0.25) is 0 Å². The zero-order chi connectivity index (χ0) is 8.32. The second-order valence-electron chi connectivity index (χ2n) is 3.06. The summed E-state index contributed by atoms with van der Waals surface area (Å²) < 4.78 is 5.40. The van der Waals surface area contributed by atoms with Gasteiger partial charge in [0.1, 0.15) is 5.60 Å². The molecule has 3 nitrogen and oxygen atoms in total. The molecule has 1 unspecified atom stereocenters. The third-order valence-corrected chi connectivity index (χ3v) is 2.32. The molecule has 2 N–H and O–H groups in total. The second-order valence-corrected chi connectivity index (χ2v) is 3.06. The number of rotatable bonds is 2. The molecule has 1 rings (SSSR count). The Balaban J connectivity index is 2.64. The van der Waals surface area contributed by atoms with Crippen molar-refractivity contribution in [1.82, 2.24) is 0 Å². The minimum absolute atomic E-state index is 0.0692. The van der Waals surface area contributed by atoms with Crippen LogP contribution in [0.4, 0.5) is 0 Å². The highest BCUT2D eigenvalue weighted by molar-refractivity contribution is 5.85. The lowest BCUT2D eigenvalue weighted by Gasteiger charge is -2.33. The van der Waals surface area contributed by atoms with Crippen LogP contribution < -0.4 is 5.73 Å². The largest absolute Gasteiger partial charge is 0.366 e. The monoisotopic (exact) mass is 157 g/mol. The molecular formula is C8H15NO2. The van der Waals surface area contributed by atoms with E-state index in [0.29, 0.717) is 13.2 Å². The molecule has 1 aliphatic heterocycles. The van der Waals surface area contributed by atoms with E-state index in [1.165, 1.54) is 0 Å². The molecule has 64 valence electrons. The molecular weight excluding hydrogens is 142 g/mol. The Labute approximate surface area is 66.9 Å². The van der Waals surface area contributed by atoms with Crippen molar-refractivity contribution < 1.29 is 9.53 Å². The summed E-state index contributed by atoms with van der Waals surface area (Å²) in [6, 6.07) is 0. The molecule has 0 aromatic carbocycles. The first-order valence-corrected chi connectivity index (χ1v) is 4.06. The van der Waals surface area contributed by atoms with Crippen molar-refractivity contribution in [2.75, 3.05) is 13.2 Å². The molecule has 1 saturated heterocycles. The molecule has 11 heavy (non-hydrogen) atoms. The van der Waals surface area contributed by atoms with Gasteiger partial charge in [0.15, 0.2) is 5.78 Å². The van der Waals surface area contributed by atoms with Crippen molar-refractivity contribution in [3.05, 3.63) is 0 Å². The standard InChI is InChI=1S/C8H15NO2/c1-7(10)8(6-9)4-2-3-5-11-8/h2-6,9H2,1H3. The van der Waals surface area contributed by atoms with Gasteiger partial charge in [-0.25, -0.2) is 0 Å². The minimum atomic E-state index is -0.641. The summed E-state index contributed by atoms with van der Waals surface area (Å²) in [5.41, 5.74) is 4.85. The number of carbonyl (C=O) groups is 1. The predicted molar refractivity (Wildman–Crippen MR) is 42.3 cm³/mol. The molecule has 1 heterocycles. The van der Waals surface area contributed by atoms with Crippen molar-refractivity contribution in [1.29, 1.82) is 0 Å². The highest BCUT2D eigenvalue weighted by Gasteiger charge is 2.36. The van der Waals surface area contributed by atoms with Crippen LogP contribution in [0.15, 0.2) is 0 Å². The van der Waals surface area contributed by atoms with Crippen LogP contribution in [0, 0.1) is 0 Å². The molecule has 0 spiro atoms. The predicted octanol–water partition coefficient (Wildman–Crippen LogP) is 0.473. The van der Waals surface area contributed by atoms with E-state index >= 15 is 0 Å². The fraction of sp³-hybridized carbons (Fsp3) is 0.875. The summed E-state index contributed by atoms with van der Waals surface area (Å²) in [6.45, 7) is 2.55. The molecule has 0 saturated carbocycles. The first-order valence-electron chi connectivity index (χ1n) is 4.06. The van der Waals surface area contributed by atoms with Gasteiger partial charge in [-0.3, -0.25) is 4.79 Å². The van der Waals surface area contributed by atoms with Gasteiger partial charge in [0, 0.05) is 13.2 Å². The Morgan fingerprint density at radius 3 is 2.64 bits per heavy atom. The van der Waals surface area contributed by atoms with Gasteiger partial charge >= 0.3 is 0 Å². The second kappa shape index (κ2) is 3.32. The van der Waals surface area contributed by atoms with E-state index in [1.807, 2.05) is 0 Å². The third kappa shape index (κ3) is 1.60. The normalized spacial score (nSPS) is 31.8. The van der Waals surface area contributed by atoms with Gasteiger partial charge in [0.25, 0.3) is 0 Å². The first-order chi connectivity index (χ1) is 5.21. The summed E-state index contributed by atoms with van der Waals surface area (Å²) in [4.78, 5) is 11.1. The summed E-state index contributed by atoms with van der Waals surface area (Å²) in [7, 11) is 0. The lowest BCUT2D eigenvalue weighted by atomic mass is 9.90. The highest BCUT2D eigenvalue weighted by Crippen LogP contribution is 2.24. The van der Waals surface area contributed by atoms with Gasteiger partial charge < -0.3 is 10.5 Å². The summed E-state index contributed by atoms with van der Waals surface area (Å²) in [6.07, 6.45) is 2.89. The maximum atomic E-state index is 11.1. The molecule has 0 aliphatic carbocycles. The van der Waals surface area contributed by atoms with Crippen LogP contribution in [0.1, 0.15) is 26.2 Å². The Hall–Kier alpha value is -0.410. The van der Waals surface area contributed by atoms with Gasteiger partial charge in [-0.1, -0.05) is 0 Å². The number of ether oxygens (including phenoxy) is 1. The zero-order valence-electron chi connectivity index (χ0n) is 6.93. The van der Waals surface area contributed by atoms with E-state index in [-0.39, 0.29) is 5.78 Å². The van der Waals surface area contributed by atoms with E-state index in [0.717, 1.165) is 19.3 Å². The third-order valence-electron chi connectivity index (χ3n) is 2.32. The summed E-state index contributed by atoms with van der Waals surface area (Å²) >= 11 is 0. The highest BCUT2D eigenvalue weighted by atomic mass is 16.5. The first kappa shape index (κ1) is 8.68. The molecule has 0 aromatic heterocycles. The smallest absolute Gasteiger partial charge is 0.162 e. The minimum Gasteiger partial charge on any atom is -0.366 e. The lowest BCUT2D eigenvalue weighted by molar-refractivity contribution is -0.147. The van der Waals surface area contributed by atoms with Crippen molar-refractivity contribution in [3.8, 4) is 0 Å². The summed E-state index contributed by atoms with van der Waals surface area (Å²) in [5, 5.41) is 0. The van der Waals surface area contributed by atoms with Crippen LogP contribution in [0.3, 0.4) is 0 Å². The van der Waals surface area contributed by atoms with E-state index in [2.05, 4.69) is 0 Å². The topological polar surface area (TPSA) is 52.3 Å². The van der Waals surface area contributed by atoms with Crippen LogP contribution in [0.25, 0.3) is 0 Å². The molecule has 3 heteroatoms. The number of Topliss-reactive ketones (excluding diaryl/α,β-unsaturated/α-hetero) is 1. The number of hydrogen-bond donors (Lipinski definition) is 1.